The van der Waals surface area contributed by atoms with Crippen molar-refractivity contribution < 1.29 is 17.9 Å². The summed E-state index contributed by atoms with van der Waals surface area (Å²) in [5, 5.41) is 3.16. The second-order valence-electron chi connectivity index (χ2n) is 6.83. The van der Waals surface area contributed by atoms with Crippen LogP contribution in [-0.4, -0.2) is 76.5 Å². The van der Waals surface area contributed by atoms with Crippen molar-refractivity contribution in [1.29, 1.82) is 0 Å². The fourth-order valence-corrected chi connectivity index (χ4v) is 5.26. The first-order valence-electron chi connectivity index (χ1n) is 9.15. The number of nitrogens with zero attached hydrogens (tertiary/aromatic N) is 2. The Morgan fingerprint density at radius 2 is 1.96 bits per heavy atom. The predicted octanol–water partition coefficient (Wildman–Crippen LogP) is 0.779. The summed E-state index contributed by atoms with van der Waals surface area (Å²) in [5.74, 6) is 0.207. The summed E-state index contributed by atoms with van der Waals surface area (Å²) in [6.07, 6.45) is 2.02. The molecule has 0 radical (unpaired) electrons. The first-order valence-corrected chi connectivity index (χ1v) is 10.6. The number of nitrogens with one attached hydrogen (secondary N) is 1. The Morgan fingerprint density at radius 1 is 1.23 bits per heavy atom. The molecular weight excluding hydrogens is 354 g/mol. The van der Waals surface area contributed by atoms with Gasteiger partial charge >= 0.3 is 0 Å². The van der Waals surface area contributed by atoms with Gasteiger partial charge in [-0.1, -0.05) is 12.1 Å². The van der Waals surface area contributed by atoms with E-state index < -0.39 is 10.0 Å². The Morgan fingerprint density at radius 3 is 2.69 bits per heavy atom. The van der Waals surface area contributed by atoms with Gasteiger partial charge in [0, 0.05) is 26.2 Å². The molecule has 1 N–H and O–H groups in total. The van der Waals surface area contributed by atoms with E-state index >= 15 is 0 Å². The number of carbonyl (C=O) groups is 1. The molecule has 7 nitrogen and oxygen atoms in total. The van der Waals surface area contributed by atoms with Gasteiger partial charge in [-0.05, 0) is 44.5 Å². The molecule has 0 aromatic heterocycles. The highest BCUT2D eigenvalue weighted by atomic mass is 32.2. The highest BCUT2D eigenvalue weighted by Crippen LogP contribution is 2.25. The molecule has 3 rings (SSSR count). The maximum atomic E-state index is 13.1. The van der Waals surface area contributed by atoms with Crippen LogP contribution in [0, 0.1) is 5.92 Å². The molecule has 26 heavy (non-hydrogen) atoms. The first kappa shape index (κ1) is 19.3. The molecule has 2 aliphatic heterocycles. The van der Waals surface area contributed by atoms with Gasteiger partial charge in [0.1, 0.15) is 0 Å². The van der Waals surface area contributed by atoms with Crippen molar-refractivity contribution in [3.63, 3.8) is 0 Å². The van der Waals surface area contributed by atoms with Crippen molar-refractivity contribution in [1.82, 2.24) is 14.5 Å². The van der Waals surface area contributed by atoms with Crippen molar-refractivity contribution in [2.75, 3.05) is 53.0 Å². The van der Waals surface area contributed by atoms with E-state index in [9.17, 15) is 13.2 Å². The van der Waals surface area contributed by atoms with E-state index in [0.717, 1.165) is 19.4 Å². The number of likely N-dealkylation sites (tertiary alicyclic amines) is 1. The molecule has 2 heterocycles. The maximum absolute atomic E-state index is 13.1. The van der Waals surface area contributed by atoms with E-state index in [-0.39, 0.29) is 16.4 Å². The zero-order valence-corrected chi connectivity index (χ0v) is 16.0. The molecule has 1 unspecified atom stereocenters. The molecule has 2 saturated heterocycles. The van der Waals surface area contributed by atoms with E-state index in [4.69, 9.17) is 4.74 Å². The lowest BCUT2D eigenvalue weighted by atomic mass is 9.97. The molecule has 0 spiro atoms. The number of ether oxygens (including phenoxy) is 1. The number of benzene rings is 1. The van der Waals surface area contributed by atoms with Gasteiger partial charge in [0.25, 0.3) is 5.91 Å². The van der Waals surface area contributed by atoms with Gasteiger partial charge in [0.15, 0.2) is 0 Å². The summed E-state index contributed by atoms with van der Waals surface area (Å²) < 4.78 is 32.8. The monoisotopic (exact) mass is 381 g/mol. The lowest BCUT2D eigenvalue weighted by Crippen LogP contribution is -2.44. The third-order valence-electron chi connectivity index (χ3n) is 5.00. The van der Waals surface area contributed by atoms with Crippen LogP contribution in [0.2, 0.25) is 0 Å². The topological polar surface area (TPSA) is 79.0 Å². The molecule has 1 amide bonds. The number of rotatable bonds is 5. The lowest BCUT2D eigenvalue weighted by molar-refractivity contribution is 0.0667. The van der Waals surface area contributed by atoms with Crippen molar-refractivity contribution >= 4 is 15.9 Å². The predicted molar refractivity (Wildman–Crippen MR) is 98.6 cm³/mol. The second kappa shape index (κ2) is 8.47. The summed E-state index contributed by atoms with van der Waals surface area (Å²) in [4.78, 5) is 15.0. The van der Waals surface area contributed by atoms with Crippen LogP contribution in [0.4, 0.5) is 0 Å². The Labute approximate surface area is 155 Å². The van der Waals surface area contributed by atoms with E-state index in [2.05, 4.69) is 5.32 Å². The molecule has 0 aliphatic carbocycles. The number of carbonyl (C=O) groups excluding carboxylic acids is 1. The standard InChI is InChI=1S/C18H27N3O4S/c1-19-13-15-5-4-8-20(14-15)18(22)16-6-2-3-7-17(16)26(23,24)21-9-11-25-12-10-21/h2-3,6-7,15,19H,4-5,8-14H2,1H3. The highest BCUT2D eigenvalue weighted by Gasteiger charge is 2.32. The number of piperidine rings is 1. The van der Waals surface area contributed by atoms with E-state index in [1.807, 2.05) is 7.05 Å². The summed E-state index contributed by atoms with van der Waals surface area (Å²) in [6, 6.07) is 6.55. The van der Waals surface area contributed by atoms with Crippen LogP contribution in [0.1, 0.15) is 23.2 Å². The fraction of sp³-hybridized carbons (Fsp3) is 0.611. The van der Waals surface area contributed by atoms with E-state index in [0.29, 0.717) is 45.3 Å². The minimum absolute atomic E-state index is 0.0997. The molecule has 0 saturated carbocycles. The minimum atomic E-state index is -3.71. The van der Waals surface area contributed by atoms with Gasteiger partial charge in [-0.15, -0.1) is 0 Å². The Bertz CT molecular complexity index is 730. The molecule has 1 atom stereocenters. The van der Waals surface area contributed by atoms with Gasteiger partial charge in [-0.3, -0.25) is 4.79 Å². The molecule has 8 heteroatoms. The van der Waals surface area contributed by atoms with Gasteiger partial charge < -0.3 is 15.0 Å². The first-order chi connectivity index (χ1) is 12.5. The van der Waals surface area contributed by atoms with Crippen molar-refractivity contribution in [3.8, 4) is 0 Å². The molecule has 1 aromatic rings. The van der Waals surface area contributed by atoms with Crippen molar-refractivity contribution in [2.45, 2.75) is 17.7 Å². The molecule has 0 bridgehead atoms. The van der Waals surface area contributed by atoms with Crippen LogP contribution in [0.5, 0.6) is 0 Å². The third kappa shape index (κ3) is 4.09. The Hall–Kier alpha value is -1.48. The quantitative estimate of drug-likeness (QED) is 0.815. The second-order valence-corrected chi connectivity index (χ2v) is 8.74. The number of amides is 1. The Balaban J connectivity index is 1.85. The smallest absolute Gasteiger partial charge is 0.255 e. The third-order valence-corrected chi connectivity index (χ3v) is 6.96. The van der Waals surface area contributed by atoms with Crippen LogP contribution in [0.15, 0.2) is 29.2 Å². The summed E-state index contributed by atoms with van der Waals surface area (Å²) >= 11 is 0. The van der Waals surface area contributed by atoms with Crippen molar-refractivity contribution in [3.05, 3.63) is 29.8 Å². The van der Waals surface area contributed by atoms with E-state index in [1.54, 1.807) is 23.1 Å². The van der Waals surface area contributed by atoms with Crippen LogP contribution < -0.4 is 5.32 Å². The minimum Gasteiger partial charge on any atom is -0.379 e. The van der Waals surface area contributed by atoms with Crippen LogP contribution in [-0.2, 0) is 14.8 Å². The average Bonchev–Trinajstić information content (AvgIpc) is 2.68. The van der Waals surface area contributed by atoms with Crippen LogP contribution in [0.25, 0.3) is 0 Å². The maximum Gasteiger partial charge on any atom is 0.255 e. The number of hydrogen-bond acceptors (Lipinski definition) is 5. The van der Waals surface area contributed by atoms with Crippen molar-refractivity contribution in [2.24, 2.45) is 5.92 Å². The Kier molecular flexibility index (Phi) is 6.29. The SMILES string of the molecule is CNCC1CCCN(C(=O)c2ccccc2S(=O)(=O)N2CCOCC2)C1. The number of hydrogen-bond donors (Lipinski definition) is 1. The fourth-order valence-electron chi connectivity index (χ4n) is 3.67. The zero-order valence-electron chi connectivity index (χ0n) is 15.2. The molecule has 144 valence electrons. The summed E-state index contributed by atoms with van der Waals surface area (Å²) in [6.45, 7) is 3.59. The summed E-state index contributed by atoms with van der Waals surface area (Å²) in [5.41, 5.74) is 0.268. The van der Waals surface area contributed by atoms with Gasteiger partial charge in [-0.25, -0.2) is 8.42 Å². The molecular formula is C18H27N3O4S. The highest BCUT2D eigenvalue weighted by molar-refractivity contribution is 7.89. The van der Waals surface area contributed by atoms with Gasteiger partial charge in [-0.2, -0.15) is 4.31 Å². The van der Waals surface area contributed by atoms with Crippen LogP contribution >= 0.6 is 0 Å². The zero-order chi connectivity index (χ0) is 18.6. The van der Waals surface area contributed by atoms with Crippen LogP contribution in [0.3, 0.4) is 0 Å². The number of morpholine rings is 1. The van der Waals surface area contributed by atoms with E-state index in [1.165, 1.54) is 10.4 Å². The number of sulfonamides is 1. The lowest BCUT2D eigenvalue weighted by Gasteiger charge is -2.33. The molecule has 1 aromatic carbocycles. The average molecular weight is 381 g/mol. The summed E-state index contributed by atoms with van der Waals surface area (Å²) in [7, 11) is -1.80. The molecule has 2 aliphatic rings. The van der Waals surface area contributed by atoms with Gasteiger partial charge in [0.2, 0.25) is 10.0 Å². The normalized spacial score (nSPS) is 22.3. The largest absolute Gasteiger partial charge is 0.379 e. The van der Waals surface area contributed by atoms with Gasteiger partial charge in [0.05, 0.1) is 23.7 Å². The molecule has 2 fully saturated rings.